The zero-order valence-corrected chi connectivity index (χ0v) is 27.8. The van der Waals surface area contributed by atoms with Crippen LogP contribution in [0, 0.1) is 0 Å². The molecule has 0 bridgehead atoms. The Balaban J connectivity index is 1.57. The highest BCUT2D eigenvalue weighted by atomic mass is 28.3. The lowest BCUT2D eigenvalue weighted by molar-refractivity contribution is -0.137. The molecule has 2 heterocycles. The third-order valence-electron chi connectivity index (χ3n) is 8.82. The second kappa shape index (κ2) is 9.71. The summed E-state index contributed by atoms with van der Waals surface area (Å²) < 4.78 is 47.9. The van der Waals surface area contributed by atoms with E-state index in [0.717, 1.165) is 43.6 Å². The standard InChI is InChI=1S/C37H35F3N2Si2/c1-43(2,3)27-15-17-35-31(22-27)29-11-7-9-13-33(29)41(35)25-19-24(37(38,39)40)20-26(21-25)42-34-14-10-8-12-30(34)32-23-28(44(4,5)6)16-18-36(32)42/h7-23H,1-6H3. The number of rotatable bonds is 4. The molecule has 2 aromatic heterocycles. The summed E-state index contributed by atoms with van der Waals surface area (Å²) in [5, 5.41) is 6.85. The van der Waals surface area contributed by atoms with Crippen molar-refractivity contribution in [3.8, 4) is 11.4 Å². The first-order chi connectivity index (χ1) is 20.7. The van der Waals surface area contributed by atoms with Crippen LogP contribution in [-0.2, 0) is 6.18 Å². The molecule has 7 rings (SSSR count). The third kappa shape index (κ3) is 4.61. The highest BCUT2D eigenvalue weighted by Gasteiger charge is 2.32. The van der Waals surface area contributed by atoms with Crippen LogP contribution in [0.15, 0.2) is 103 Å². The van der Waals surface area contributed by atoms with Gasteiger partial charge in [0.2, 0.25) is 0 Å². The Hall–Kier alpha value is -4.08. The zero-order valence-electron chi connectivity index (χ0n) is 25.8. The Kier molecular flexibility index (Phi) is 6.33. The third-order valence-corrected chi connectivity index (χ3v) is 12.9. The largest absolute Gasteiger partial charge is 0.416 e. The molecule has 0 radical (unpaired) electrons. The summed E-state index contributed by atoms with van der Waals surface area (Å²) >= 11 is 0. The molecule has 0 aliphatic rings. The van der Waals surface area contributed by atoms with Crippen molar-refractivity contribution in [3.05, 3.63) is 109 Å². The van der Waals surface area contributed by atoms with Crippen LogP contribution in [0.2, 0.25) is 39.3 Å². The lowest BCUT2D eigenvalue weighted by Crippen LogP contribution is -2.37. The Morgan fingerprint density at radius 1 is 0.455 bits per heavy atom. The number of benzene rings is 5. The first kappa shape index (κ1) is 28.7. The van der Waals surface area contributed by atoms with Crippen LogP contribution < -0.4 is 10.4 Å². The number of alkyl halides is 3. The fourth-order valence-corrected chi connectivity index (χ4v) is 8.77. The van der Waals surface area contributed by atoms with E-state index in [-0.39, 0.29) is 0 Å². The van der Waals surface area contributed by atoms with Crippen molar-refractivity contribution in [1.29, 1.82) is 0 Å². The summed E-state index contributed by atoms with van der Waals surface area (Å²) in [6.07, 6.45) is -4.52. The lowest BCUT2D eigenvalue weighted by Gasteiger charge is -2.18. The van der Waals surface area contributed by atoms with Crippen LogP contribution in [0.4, 0.5) is 13.2 Å². The van der Waals surface area contributed by atoms with E-state index >= 15 is 0 Å². The van der Waals surface area contributed by atoms with Gasteiger partial charge in [0.15, 0.2) is 0 Å². The molecule has 0 amide bonds. The van der Waals surface area contributed by atoms with Gasteiger partial charge < -0.3 is 9.13 Å². The van der Waals surface area contributed by atoms with Crippen molar-refractivity contribution in [3.63, 3.8) is 0 Å². The number of hydrogen-bond acceptors (Lipinski definition) is 0. The minimum atomic E-state index is -4.52. The Labute approximate surface area is 257 Å². The Morgan fingerprint density at radius 3 is 1.23 bits per heavy atom. The zero-order chi connectivity index (χ0) is 31.2. The molecule has 0 unspecified atom stereocenters. The van der Waals surface area contributed by atoms with E-state index in [0.29, 0.717) is 11.4 Å². The van der Waals surface area contributed by atoms with E-state index in [4.69, 9.17) is 0 Å². The van der Waals surface area contributed by atoms with Crippen molar-refractivity contribution >= 4 is 70.1 Å². The molecular weight excluding hydrogens is 586 g/mol. The van der Waals surface area contributed by atoms with Crippen LogP contribution in [0.1, 0.15) is 5.56 Å². The number of para-hydroxylation sites is 2. The summed E-state index contributed by atoms with van der Waals surface area (Å²) in [6, 6.07) is 33.5. The summed E-state index contributed by atoms with van der Waals surface area (Å²) in [5.74, 6) is 0. The Bertz CT molecular complexity index is 2090. The van der Waals surface area contributed by atoms with Gasteiger partial charge in [-0.2, -0.15) is 13.2 Å². The number of nitrogens with zero attached hydrogens (tertiary/aromatic N) is 2. The van der Waals surface area contributed by atoms with Gasteiger partial charge in [-0.05, 0) is 42.5 Å². The summed E-state index contributed by atoms with van der Waals surface area (Å²) in [6.45, 7) is 13.9. The van der Waals surface area contributed by atoms with E-state index in [9.17, 15) is 13.2 Å². The summed E-state index contributed by atoms with van der Waals surface area (Å²) in [4.78, 5) is 0. The average molecular weight is 621 g/mol. The maximum Gasteiger partial charge on any atom is 0.416 e. The molecule has 0 aliphatic heterocycles. The fraction of sp³-hybridized carbons (Fsp3) is 0.189. The molecule has 0 spiro atoms. The van der Waals surface area contributed by atoms with Crippen LogP contribution in [0.25, 0.3) is 55.0 Å². The maximum absolute atomic E-state index is 14.6. The molecule has 7 aromatic rings. The van der Waals surface area contributed by atoms with Gasteiger partial charge >= 0.3 is 6.18 Å². The number of fused-ring (bicyclic) bond motifs is 6. The first-order valence-electron chi connectivity index (χ1n) is 15.0. The van der Waals surface area contributed by atoms with Crippen LogP contribution in [0.5, 0.6) is 0 Å². The summed E-state index contributed by atoms with van der Waals surface area (Å²) in [7, 11) is -3.23. The lowest BCUT2D eigenvalue weighted by atomic mass is 10.1. The smallest absolute Gasteiger partial charge is 0.309 e. The number of hydrogen-bond donors (Lipinski definition) is 0. The van der Waals surface area contributed by atoms with E-state index in [1.54, 1.807) is 0 Å². The van der Waals surface area contributed by atoms with E-state index in [1.165, 1.54) is 22.5 Å². The molecule has 2 nitrogen and oxygen atoms in total. The molecule has 0 aliphatic carbocycles. The monoisotopic (exact) mass is 620 g/mol. The molecule has 0 N–H and O–H groups in total. The molecule has 0 fully saturated rings. The first-order valence-corrected chi connectivity index (χ1v) is 22.0. The second-order valence-electron chi connectivity index (χ2n) is 13.9. The maximum atomic E-state index is 14.6. The molecule has 5 aromatic carbocycles. The van der Waals surface area contributed by atoms with Gasteiger partial charge in [0.1, 0.15) is 0 Å². The topological polar surface area (TPSA) is 9.86 Å². The molecular formula is C37H35F3N2Si2. The van der Waals surface area contributed by atoms with Gasteiger partial charge in [-0.1, -0.05) is 110 Å². The molecule has 44 heavy (non-hydrogen) atoms. The minimum absolute atomic E-state index is 0.492. The van der Waals surface area contributed by atoms with E-state index in [1.807, 2.05) is 51.6 Å². The van der Waals surface area contributed by atoms with Gasteiger partial charge in [0.25, 0.3) is 0 Å². The van der Waals surface area contributed by atoms with Gasteiger partial charge in [-0.15, -0.1) is 0 Å². The Morgan fingerprint density at radius 2 is 0.841 bits per heavy atom. The fourth-order valence-electron chi connectivity index (χ4n) is 6.45. The van der Waals surface area contributed by atoms with Crippen molar-refractivity contribution in [2.45, 2.75) is 45.5 Å². The van der Waals surface area contributed by atoms with Crippen LogP contribution in [0.3, 0.4) is 0 Å². The minimum Gasteiger partial charge on any atom is -0.309 e. The predicted octanol–water partition coefficient (Wildman–Crippen LogP) is 9.99. The van der Waals surface area contributed by atoms with Gasteiger partial charge in [0, 0.05) is 32.9 Å². The average Bonchev–Trinajstić information content (AvgIpc) is 3.48. The van der Waals surface area contributed by atoms with Crippen LogP contribution in [-0.4, -0.2) is 25.3 Å². The number of aromatic nitrogens is 2. The SMILES string of the molecule is C[Si](C)(C)c1ccc2c(c1)c1ccccc1n2-c1cc(-n2c3ccccc3c3cc([Si](C)(C)C)ccc32)cc(C(F)(F)F)c1. The highest BCUT2D eigenvalue weighted by molar-refractivity contribution is 6.89. The van der Waals surface area contributed by atoms with Crippen molar-refractivity contribution in [2.24, 2.45) is 0 Å². The highest BCUT2D eigenvalue weighted by Crippen LogP contribution is 2.39. The van der Waals surface area contributed by atoms with Crippen molar-refractivity contribution in [2.75, 3.05) is 0 Å². The molecule has 222 valence electrons. The van der Waals surface area contributed by atoms with Crippen molar-refractivity contribution in [1.82, 2.24) is 9.13 Å². The quantitative estimate of drug-likeness (QED) is 0.173. The van der Waals surface area contributed by atoms with Gasteiger partial charge in [-0.25, -0.2) is 0 Å². The van der Waals surface area contributed by atoms with Gasteiger partial charge in [-0.3, -0.25) is 0 Å². The normalized spacial score (nSPS) is 13.1. The summed E-state index contributed by atoms with van der Waals surface area (Å²) in [5.41, 5.74) is 3.91. The van der Waals surface area contributed by atoms with E-state index < -0.39 is 27.9 Å². The molecule has 0 saturated carbocycles. The molecule has 0 saturated heterocycles. The molecule has 7 heteroatoms. The van der Waals surface area contributed by atoms with Crippen LogP contribution >= 0.6 is 0 Å². The predicted molar refractivity (Wildman–Crippen MR) is 186 cm³/mol. The number of halogens is 3. The molecule has 0 atom stereocenters. The van der Waals surface area contributed by atoms with E-state index in [2.05, 4.69) is 87.8 Å². The second-order valence-corrected chi connectivity index (χ2v) is 24.1. The van der Waals surface area contributed by atoms with Crippen molar-refractivity contribution < 1.29 is 13.2 Å². The van der Waals surface area contributed by atoms with Gasteiger partial charge in [0.05, 0.1) is 43.8 Å².